The predicted octanol–water partition coefficient (Wildman–Crippen LogP) is 2.48. The van der Waals surface area contributed by atoms with Gasteiger partial charge in [0.2, 0.25) is 5.79 Å². The molecule has 100 valence electrons. The average molecular weight is 244 g/mol. The first-order chi connectivity index (χ1) is 7.84. The van der Waals surface area contributed by atoms with Crippen molar-refractivity contribution >= 4 is 7.12 Å². The van der Waals surface area contributed by atoms with E-state index in [1.807, 2.05) is 27.7 Å². The van der Waals surface area contributed by atoms with Gasteiger partial charge in [0.15, 0.2) is 0 Å². The van der Waals surface area contributed by atoms with Crippen LogP contribution in [-0.2, 0) is 18.8 Å². The molecule has 0 aromatic rings. The fourth-order valence-electron chi connectivity index (χ4n) is 1.92. The zero-order chi connectivity index (χ0) is 13.1. The third-order valence-electron chi connectivity index (χ3n) is 2.38. The molecule has 0 unspecified atom stereocenters. The van der Waals surface area contributed by atoms with E-state index in [1.165, 1.54) is 0 Å². The maximum absolute atomic E-state index is 5.85. The molecule has 0 aliphatic carbocycles. The van der Waals surface area contributed by atoms with Gasteiger partial charge in [-0.25, -0.2) is 0 Å². The molecule has 1 heterocycles. The lowest BCUT2D eigenvalue weighted by Crippen LogP contribution is -2.55. The van der Waals surface area contributed by atoms with Crippen LogP contribution in [0.5, 0.6) is 0 Å². The Bertz CT molecular complexity index is 211. The van der Waals surface area contributed by atoms with Gasteiger partial charge in [-0.2, -0.15) is 0 Å². The van der Waals surface area contributed by atoms with Crippen LogP contribution in [0.1, 0.15) is 41.5 Å². The van der Waals surface area contributed by atoms with E-state index < -0.39 is 5.79 Å². The van der Waals surface area contributed by atoms with Crippen molar-refractivity contribution in [3.63, 3.8) is 0 Å². The van der Waals surface area contributed by atoms with Crippen LogP contribution >= 0.6 is 0 Å². The third-order valence-corrected chi connectivity index (χ3v) is 2.38. The Morgan fingerprint density at radius 1 is 0.882 bits per heavy atom. The number of hydrogen-bond acceptors (Lipinski definition) is 4. The van der Waals surface area contributed by atoms with Crippen LogP contribution in [0, 0.1) is 0 Å². The van der Waals surface area contributed by atoms with Crippen LogP contribution in [0.4, 0.5) is 0 Å². The molecule has 1 fully saturated rings. The van der Waals surface area contributed by atoms with Crippen molar-refractivity contribution in [2.75, 3.05) is 13.2 Å². The first-order valence-corrected chi connectivity index (χ1v) is 6.43. The lowest BCUT2D eigenvalue weighted by atomic mass is 9.73. The zero-order valence-corrected chi connectivity index (χ0v) is 11.9. The van der Waals surface area contributed by atoms with E-state index in [9.17, 15) is 0 Å². The monoisotopic (exact) mass is 244 g/mol. The Balaban J connectivity index is 2.61. The summed E-state index contributed by atoms with van der Waals surface area (Å²) < 4.78 is 23.1. The third kappa shape index (κ3) is 4.58. The molecule has 0 N–H and O–H groups in total. The van der Waals surface area contributed by atoms with Gasteiger partial charge in [0.05, 0.1) is 25.4 Å². The molecule has 5 heteroatoms. The number of rotatable bonds is 5. The highest BCUT2D eigenvalue weighted by Gasteiger charge is 2.43. The molecule has 0 spiro atoms. The van der Waals surface area contributed by atoms with Gasteiger partial charge in [-0.3, -0.25) is 0 Å². The van der Waals surface area contributed by atoms with E-state index in [2.05, 4.69) is 13.8 Å². The molecule has 1 aliphatic heterocycles. The first kappa shape index (κ1) is 15.0. The molecule has 1 saturated heterocycles. The van der Waals surface area contributed by atoms with Crippen LogP contribution in [0.3, 0.4) is 0 Å². The smallest absolute Gasteiger partial charge is 0.405 e. The molecule has 0 radical (unpaired) electrons. The minimum atomic E-state index is -0.756. The maximum Gasteiger partial charge on any atom is 0.459 e. The van der Waals surface area contributed by atoms with E-state index in [-0.39, 0.29) is 19.3 Å². The molecule has 0 amide bonds. The summed E-state index contributed by atoms with van der Waals surface area (Å²) in [5.41, 5.74) is 0. The summed E-state index contributed by atoms with van der Waals surface area (Å²) in [5, 5.41) is 0. The first-order valence-electron chi connectivity index (χ1n) is 6.43. The van der Waals surface area contributed by atoms with Crippen molar-refractivity contribution in [2.24, 2.45) is 0 Å². The highest BCUT2D eigenvalue weighted by molar-refractivity contribution is 6.46. The van der Waals surface area contributed by atoms with Crippen molar-refractivity contribution < 1.29 is 18.8 Å². The van der Waals surface area contributed by atoms with Gasteiger partial charge >= 0.3 is 7.12 Å². The van der Waals surface area contributed by atoms with Crippen molar-refractivity contribution in [2.45, 2.75) is 65.4 Å². The Morgan fingerprint density at radius 2 is 1.29 bits per heavy atom. The van der Waals surface area contributed by atoms with Gasteiger partial charge in [-0.15, -0.1) is 0 Å². The number of ether oxygens (including phenoxy) is 2. The standard InChI is InChI=1S/C12H25BO4/c1-9(2)13-14-7-12(8-15-13,16-10(3)4)17-11(5)6/h9-11H,7-8H2,1-6H3. The summed E-state index contributed by atoms with van der Waals surface area (Å²) in [6.45, 7) is 12.9. The van der Waals surface area contributed by atoms with E-state index in [0.29, 0.717) is 19.0 Å². The Hall–Kier alpha value is -0.0951. The van der Waals surface area contributed by atoms with Crippen LogP contribution in [0.15, 0.2) is 0 Å². The lowest BCUT2D eigenvalue weighted by Gasteiger charge is -2.41. The van der Waals surface area contributed by atoms with E-state index in [1.54, 1.807) is 0 Å². The topological polar surface area (TPSA) is 36.9 Å². The fraction of sp³-hybridized carbons (Fsp3) is 1.00. The van der Waals surface area contributed by atoms with Gasteiger partial charge in [-0.05, 0) is 33.5 Å². The maximum atomic E-state index is 5.85. The van der Waals surface area contributed by atoms with Gasteiger partial charge in [0, 0.05) is 0 Å². The largest absolute Gasteiger partial charge is 0.459 e. The summed E-state index contributed by atoms with van der Waals surface area (Å²) in [4.78, 5) is 0. The second-order valence-electron chi connectivity index (χ2n) is 5.48. The lowest BCUT2D eigenvalue weighted by molar-refractivity contribution is -0.305. The van der Waals surface area contributed by atoms with Crippen LogP contribution < -0.4 is 0 Å². The van der Waals surface area contributed by atoms with Gasteiger partial charge in [0.25, 0.3) is 0 Å². The molecular formula is C12H25BO4. The van der Waals surface area contributed by atoms with Crippen molar-refractivity contribution in [1.82, 2.24) is 0 Å². The minimum absolute atomic E-state index is 0.0801. The van der Waals surface area contributed by atoms with Crippen molar-refractivity contribution in [3.05, 3.63) is 0 Å². The van der Waals surface area contributed by atoms with Crippen molar-refractivity contribution in [3.8, 4) is 0 Å². The quantitative estimate of drug-likeness (QED) is 0.550. The SMILES string of the molecule is CC(C)OC1(OC(C)C)COB(C(C)C)OC1. The molecule has 0 saturated carbocycles. The highest BCUT2D eigenvalue weighted by Crippen LogP contribution is 2.26. The second-order valence-corrected chi connectivity index (χ2v) is 5.48. The van der Waals surface area contributed by atoms with E-state index >= 15 is 0 Å². The Labute approximate surface area is 105 Å². The van der Waals surface area contributed by atoms with Crippen LogP contribution in [0.2, 0.25) is 5.82 Å². The molecule has 0 bridgehead atoms. The normalized spacial score (nSPS) is 20.6. The van der Waals surface area contributed by atoms with E-state index in [0.717, 1.165) is 0 Å². The van der Waals surface area contributed by atoms with Gasteiger partial charge in [-0.1, -0.05) is 13.8 Å². The Morgan fingerprint density at radius 3 is 1.59 bits per heavy atom. The summed E-state index contributed by atoms with van der Waals surface area (Å²) in [6, 6.07) is 0. The zero-order valence-electron chi connectivity index (χ0n) is 11.9. The van der Waals surface area contributed by atoms with Crippen molar-refractivity contribution in [1.29, 1.82) is 0 Å². The number of hydrogen-bond donors (Lipinski definition) is 0. The molecule has 1 aliphatic rings. The minimum Gasteiger partial charge on any atom is -0.405 e. The summed E-state index contributed by atoms with van der Waals surface area (Å²) in [7, 11) is -0.158. The summed E-state index contributed by atoms with van der Waals surface area (Å²) in [6.07, 6.45) is 0.160. The average Bonchev–Trinajstić information content (AvgIpc) is 2.15. The van der Waals surface area contributed by atoms with Crippen LogP contribution in [0.25, 0.3) is 0 Å². The molecule has 0 atom stereocenters. The summed E-state index contributed by atoms with van der Waals surface area (Å²) >= 11 is 0. The van der Waals surface area contributed by atoms with Gasteiger partial charge < -0.3 is 18.8 Å². The Kier molecular flexibility index (Phi) is 5.44. The van der Waals surface area contributed by atoms with E-state index in [4.69, 9.17) is 18.8 Å². The molecular weight excluding hydrogens is 219 g/mol. The van der Waals surface area contributed by atoms with Crippen LogP contribution in [-0.4, -0.2) is 38.3 Å². The molecule has 0 aromatic heterocycles. The fourth-order valence-corrected chi connectivity index (χ4v) is 1.92. The molecule has 0 aromatic carbocycles. The molecule has 1 rings (SSSR count). The summed E-state index contributed by atoms with van der Waals surface area (Å²) in [5.74, 6) is -0.417. The highest BCUT2D eigenvalue weighted by atomic mass is 16.8. The molecule has 17 heavy (non-hydrogen) atoms. The molecule has 4 nitrogen and oxygen atoms in total. The predicted molar refractivity (Wildman–Crippen MR) is 67.9 cm³/mol. The second kappa shape index (κ2) is 6.18. The van der Waals surface area contributed by atoms with Gasteiger partial charge in [0.1, 0.15) is 0 Å².